The summed E-state index contributed by atoms with van der Waals surface area (Å²) in [6.07, 6.45) is 0. The second kappa shape index (κ2) is 6.36. The molecule has 5 heteroatoms. The third-order valence-electron chi connectivity index (χ3n) is 3.13. The standard InChI is InChI=1S/C17H19ClN2O2/c1-11-8-9-13(18)14(10-11)22-17(3,4)16(21)20-15-7-5-6-12(2)19-15/h5-10H,1-4H3,(H,19,20,21). The number of ether oxygens (including phenoxy) is 1. The normalized spacial score (nSPS) is 11.1. The Morgan fingerprint density at radius 1 is 1.23 bits per heavy atom. The molecule has 22 heavy (non-hydrogen) atoms. The van der Waals surface area contributed by atoms with Crippen molar-refractivity contribution in [3.63, 3.8) is 0 Å². The molecular weight excluding hydrogens is 300 g/mol. The SMILES string of the molecule is Cc1ccc(Cl)c(OC(C)(C)C(=O)Nc2cccc(C)n2)c1. The van der Waals surface area contributed by atoms with Crippen LogP contribution in [0.3, 0.4) is 0 Å². The van der Waals surface area contributed by atoms with E-state index in [9.17, 15) is 4.79 Å². The number of carbonyl (C=O) groups excluding carboxylic acids is 1. The third kappa shape index (κ3) is 3.98. The first-order chi connectivity index (χ1) is 10.3. The maximum Gasteiger partial charge on any atom is 0.269 e. The molecule has 0 unspecified atom stereocenters. The van der Waals surface area contributed by atoms with Crippen molar-refractivity contribution in [3.8, 4) is 5.75 Å². The highest BCUT2D eigenvalue weighted by molar-refractivity contribution is 6.32. The monoisotopic (exact) mass is 318 g/mol. The lowest BCUT2D eigenvalue weighted by atomic mass is 10.1. The maximum atomic E-state index is 12.4. The molecule has 0 radical (unpaired) electrons. The van der Waals surface area contributed by atoms with Gasteiger partial charge in [0, 0.05) is 5.69 Å². The van der Waals surface area contributed by atoms with Crippen LogP contribution in [0.15, 0.2) is 36.4 Å². The highest BCUT2D eigenvalue weighted by Gasteiger charge is 2.31. The van der Waals surface area contributed by atoms with E-state index in [1.165, 1.54) is 0 Å². The van der Waals surface area contributed by atoms with E-state index in [1.807, 2.05) is 38.1 Å². The van der Waals surface area contributed by atoms with E-state index >= 15 is 0 Å². The number of aryl methyl sites for hydroxylation is 2. The Hall–Kier alpha value is -2.07. The molecule has 0 fully saturated rings. The van der Waals surface area contributed by atoms with Gasteiger partial charge in [0.05, 0.1) is 5.02 Å². The lowest BCUT2D eigenvalue weighted by Crippen LogP contribution is -2.42. The zero-order valence-electron chi connectivity index (χ0n) is 13.1. The molecule has 1 N–H and O–H groups in total. The summed E-state index contributed by atoms with van der Waals surface area (Å²) in [4.78, 5) is 16.7. The number of rotatable bonds is 4. The van der Waals surface area contributed by atoms with Crippen LogP contribution in [0.1, 0.15) is 25.1 Å². The highest BCUT2D eigenvalue weighted by atomic mass is 35.5. The lowest BCUT2D eigenvalue weighted by molar-refractivity contribution is -0.128. The number of anilines is 1. The van der Waals surface area contributed by atoms with Gasteiger partial charge in [-0.25, -0.2) is 4.98 Å². The van der Waals surface area contributed by atoms with Crippen molar-refractivity contribution in [3.05, 3.63) is 52.7 Å². The number of aromatic nitrogens is 1. The molecule has 0 saturated carbocycles. The molecule has 0 saturated heterocycles. The van der Waals surface area contributed by atoms with E-state index in [0.29, 0.717) is 16.6 Å². The van der Waals surface area contributed by atoms with Crippen molar-refractivity contribution >= 4 is 23.3 Å². The van der Waals surface area contributed by atoms with Gasteiger partial charge in [0.25, 0.3) is 5.91 Å². The van der Waals surface area contributed by atoms with E-state index < -0.39 is 5.60 Å². The van der Waals surface area contributed by atoms with Gasteiger partial charge in [-0.3, -0.25) is 4.79 Å². The minimum absolute atomic E-state index is 0.289. The van der Waals surface area contributed by atoms with E-state index in [4.69, 9.17) is 16.3 Å². The predicted octanol–water partition coefficient (Wildman–Crippen LogP) is 4.15. The summed E-state index contributed by atoms with van der Waals surface area (Å²) in [5.41, 5.74) is 0.761. The van der Waals surface area contributed by atoms with Crippen molar-refractivity contribution in [1.82, 2.24) is 4.98 Å². The molecule has 0 aliphatic rings. The van der Waals surface area contributed by atoms with Crippen LogP contribution in [0.25, 0.3) is 0 Å². The fraction of sp³-hybridized carbons (Fsp3) is 0.294. The molecule has 1 aromatic heterocycles. The fourth-order valence-corrected chi connectivity index (χ4v) is 2.05. The molecule has 0 spiro atoms. The maximum absolute atomic E-state index is 12.4. The van der Waals surface area contributed by atoms with Crippen LogP contribution in [0.2, 0.25) is 5.02 Å². The van der Waals surface area contributed by atoms with Crippen molar-refractivity contribution in [2.45, 2.75) is 33.3 Å². The number of hydrogen-bond acceptors (Lipinski definition) is 3. The first-order valence-electron chi connectivity index (χ1n) is 6.98. The van der Waals surface area contributed by atoms with Gasteiger partial charge in [0.15, 0.2) is 5.60 Å². The van der Waals surface area contributed by atoms with Crippen LogP contribution in [0.4, 0.5) is 5.82 Å². The van der Waals surface area contributed by atoms with Gasteiger partial charge in [-0.1, -0.05) is 23.7 Å². The van der Waals surface area contributed by atoms with Crippen molar-refractivity contribution in [1.29, 1.82) is 0 Å². The molecule has 116 valence electrons. The van der Waals surface area contributed by atoms with Crippen molar-refractivity contribution in [2.24, 2.45) is 0 Å². The highest BCUT2D eigenvalue weighted by Crippen LogP contribution is 2.29. The molecular formula is C17H19ClN2O2. The smallest absolute Gasteiger partial charge is 0.269 e. The summed E-state index contributed by atoms with van der Waals surface area (Å²) in [7, 11) is 0. The number of nitrogens with zero attached hydrogens (tertiary/aromatic N) is 1. The molecule has 4 nitrogen and oxygen atoms in total. The topological polar surface area (TPSA) is 51.2 Å². The third-order valence-corrected chi connectivity index (χ3v) is 3.44. The van der Waals surface area contributed by atoms with E-state index in [2.05, 4.69) is 10.3 Å². The van der Waals surface area contributed by atoms with E-state index in [1.54, 1.807) is 26.0 Å². The average Bonchev–Trinajstić information content (AvgIpc) is 2.42. The largest absolute Gasteiger partial charge is 0.476 e. The quantitative estimate of drug-likeness (QED) is 0.921. The summed E-state index contributed by atoms with van der Waals surface area (Å²) in [6, 6.07) is 10.9. The molecule has 2 aromatic rings. The van der Waals surface area contributed by atoms with Gasteiger partial charge in [0.2, 0.25) is 0 Å². The number of amides is 1. The Balaban J connectivity index is 2.15. The number of nitrogens with one attached hydrogen (secondary N) is 1. The Morgan fingerprint density at radius 3 is 2.64 bits per heavy atom. The summed E-state index contributed by atoms with van der Waals surface area (Å²) in [5.74, 6) is 0.694. The summed E-state index contributed by atoms with van der Waals surface area (Å²) in [5, 5.41) is 3.23. The molecule has 0 bridgehead atoms. The molecule has 0 aliphatic heterocycles. The van der Waals surface area contributed by atoms with Gasteiger partial charge in [-0.05, 0) is 57.5 Å². The number of pyridine rings is 1. The first kappa shape index (κ1) is 16.3. The summed E-state index contributed by atoms with van der Waals surface area (Å²) >= 11 is 6.12. The minimum Gasteiger partial charge on any atom is -0.476 e. The van der Waals surface area contributed by atoms with Gasteiger partial charge >= 0.3 is 0 Å². The number of hydrogen-bond donors (Lipinski definition) is 1. The molecule has 1 aromatic carbocycles. The summed E-state index contributed by atoms with van der Waals surface area (Å²) in [6.45, 7) is 7.18. The van der Waals surface area contributed by atoms with Crippen LogP contribution in [-0.2, 0) is 4.79 Å². The van der Waals surface area contributed by atoms with Gasteiger partial charge in [-0.15, -0.1) is 0 Å². The number of benzene rings is 1. The second-order valence-corrected chi connectivity index (χ2v) is 6.07. The second-order valence-electron chi connectivity index (χ2n) is 5.66. The van der Waals surface area contributed by atoms with Gasteiger partial charge in [-0.2, -0.15) is 0 Å². The molecule has 1 heterocycles. The van der Waals surface area contributed by atoms with Crippen LogP contribution >= 0.6 is 11.6 Å². The zero-order valence-corrected chi connectivity index (χ0v) is 13.9. The van der Waals surface area contributed by atoms with Crippen LogP contribution in [-0.4, -0.2) is 16.5 Å². The van der Waals surface area contributed by atoms with Crippen molar-refractivity contribution in [2.75, 3.05) is 5.32 Å². The Bertz CT molecular complexity index is 699. The fourth-order valence-electron chi connectivity index (χ4n) is 1.89. The van der Waals surface area contributed by atoms with E-state index in [-0.39, 0.29) is 5.91 Å². The Kier molecular flexibility index (Phi) is 4.71. The Labute approximate surface area is 135 Å². The van der Waals surface area contributed by atoms with Crippen LogP contribution in [0.5, 0.6) is 5.75 Å². The average molecular weight is 319 g/mol. The molecule has 0 atom stereocenters. The van der Waals surface area contributed by atoms with Gasteiger partial charge in [0.1, 0.15) is 11.6 Å². The van der Waals surface area contributed by atoms with Crippen LogP contribution in [0, 0.1) is 13.8 Å². The van der Waals surface area contributed by atoms with Crippen molar-refractivity contribution < 1.29 is 9.53 Å². The molecule has 0 aliphatic carbocycles. The number of carbonyl (C=O) groups is 1. The lowest BCUT2D eigenvalue weighted by Gasteiger charge is -2.26. The minimum atomic E-state index is -1.08. The zero-order chi connectivity index (χ0) is 16.3. The van der Waals surface area contributed by atoms with Crippen LogP contribution < -0.4 is 10.1 Å². The Morgan fingerprint density at radius 2 is 1.95 bits per heavy atom. The molecule has 1 amide bonds. The predicted molar refractivity (Wildman–Crippen MR) is 88.5 cm³/mol. The molecule has 2 rings (SSSR count). The van der Waals surface area contributed by atoms with E-state index in [0.717, 1.165) is 11.3 Å². The first-order valence-corrected chi connectivity index (χ1v) is 7.36. The summed E-state index contributed by atoms with van der Waals surface area (Å²) < 4.78 is 5.81. The number of halogens is 1. The van der Waals surface area contributed by atoms with Gasteiger partial charge < -0.3 is 10.1 Å².